The number of halogens is 2. The maximum absolute atomic E-state index is 14.6. The standard InChI is InChI=1S/C31H32ClFN2O5/c1-38-23-15-25(39-2)28-26(16-23)40-31(19-10-12-20(32)13-11-19)24(18-6-5-7-21(33)14-18)17-27(30(28,31)37)35-29(36)34-22-8-3-4-9-22/h5-7,10-16,22,24,27,37H,3-4,8-9,17H2,1-2H3,(H2,34,35,36). The van der Waals surface area contributed by atoms with Crippen molar-refractivity contribution in [1.29, 1.82) is 0 Å². The number of benzene rings is 3. The quantitative estimate of drug-likeness (QED) is 0.352. The Morgan fingerprint density at radius 3 is 2.48 bits per heavy atom. The van der Waals surface area contributed by atoms with Crippen molar-refractivity contribution >= 4 is 17.6 Å². The molecule has 6 rings (SSSR count). The number of carbonyl (C=O) groups is 1. The number of hydrogen-bond donors (Lipinski definition) is 3. The number of aliphatic hydroxyl groups is 1. The van der Waals surface area contributed by atoms with Crippen LogP contribution in [0.5, 0.6) is 17.2 Å². The van der Waals surface area contributed by atoms with Gasteiger partial charge in [-0.3, -0.25) is 0 Å². The van der Waals surface area contributed by atoms with Gasteiger partial charge in [0.15, 0.2) is 11.2 Å². The number of nitrogens with one attached hydrogen (secondary N) is 2. The van der Waals surface area contributed by atoms with E-state index in [2.05, 4.69) is 10.6 Å². The van der Waals surface area contributed by atoms with Gasteiger partial charge in [-0.05, 0) is 54.7 Å². The van der Waals surface area contributed by atoms with Crippen molar-refractivity contribution in [3.63, 3.8) is 0 Å². The second-order valence-electron chi connectivity index (χ2n) is 10.8. The summed E-state index contributed by atoms with van der Waals surface area (Å²) < 4.78 is 32.7. The van der Waals surface area contributed by atoms with Crippen molar-refractivity contribution in [3.05, 3.63) is 88.2 Å². The van der Waals surface area contributed by atoms with Crippen LogP contribution in [-0.2, 0) is 11.2 Å². The first-order valence-corrected chi connectivity index (χ1v) is 13.9. The van der Waals surface area contributed by atoms with E-state index in [1.807, 2.05) is 6.07 Å². The largest absolute Gasteiger partial charge is 0.496 e. The summed E-state index contributed by atoms with van der Waals surface area (Å²) in [7, 11) is 3.04. The van der Waals surface area contributed by atoms with Gasteiger partial charge in [0.2, 0.25) is 0 Å². The van der Waals surface area contributed by atoms with Crippen molar-refractivity contribution in [2.75, 3.05) is 14.2 Å². The van der Waals surface area contributed by atoms with Crippen molar-refractivity contribution in [2.24, 2.45) is 0 Å². The average molecular weight is 567 g/mol. The maximum Gasteiger partial charge on any atom is 0.315 e. The Labute approximate surface area is 237 Å². The molecule has 2 fully saturated rings. The lowest BCUT2D eigenvalue weighted by Crippen LogP contribution is -2.58. The van der Waals surface area contributed by atoms with Gasteiger partial charge in [-0.25, -0.2) is 9.18 Å². The lowest BCUT2D eigenvalue weighted by Gasteiger charge is -2.41. The molecule has 3 aliphatic rings. The summed E-state index contributed by atoms with van der Waals surface area (Å²) in [5, 5.41) is 19.7. The van der Waals surface area contributed by atoms with Gasteiger partial charge in [-0.15, -0.1) is 0 Å². The van der Waals surface area contributed by atoms with Gasteiger partial charge in [0.1, 0.15) is 23.1 Å². The number of methoxy groups -OCH3 is 2. The molecule has 3 aromatic carbocycles. The lowest BCUT2D eigenvalue weighted by atomic mass is 9.71. The average Bonchev–Trinajstić information content (AvgIpc) is 3.61. The van der Waals surface area contributed by atoms with Crippen LogP contribution in [0.4, 0.5) is 9.18 Å². The highest BCUT2D eigenvalue weighted by Crippen LogP contribution is 2.68. The van der Waals surface area contributed by atoms with E-state index < -0.39 is 29.0 Å². The fraction of sp³-hybridized carbons (Fsp3) is 0.387. The predicted octanol–water partition coefficient (Wildman–Crippen LogP) is 5.77. The zero-order valence-electron chi connectivity index (χ0n) is 22.4. The maximum atomic E-state index is 14.6. The fourth-order valence-corrected chi connectivity index (χ4v) is 7.10. The molecule has 3 aromatic rings. The topological polar surface area (TPSA) is 89.0 Å². The Morgan fingerprint density at radius 2 is 1.80 bits per heavy atom. The summed E-state index contributed by atoms with van der Waals surface area (Å²) in [4.78, 5) is 13.3. The predicted molar refractivity (Wildman–Crippen MR) is 149 cm³/mol. The molecule has 1 aliphatic heterocycles. The second kappa shape index (κ2) is 10.2. The van der Waals surface area contributed by atoms with Crippen LogP contribution >= 0.6 is 11.6 Å². The van der Waals surface area contributed by atoms with Crippen LogP contribution in [0.25, 0.3) is 0 Å². The van der Waals surface area contributed by atoms with Crippen LogP contribution in [0.2, 0.25) is 5.02 Å². The summed E-state index contributed by atoms with van der Waals surface area (Å²) in [6.07, 6.45) is 4.25. The molecule has 210 valence electrons. The van der Waals surface area contributed by atoms with Gasteiger partial charge in [-0.1, -0.05) is 48.7 Å². The number of amides is 2. The molecule has 0 aromatic heterocycles. The van der Waals surface area contributed by atoms with Crippen LogP contribution in [0.1, 0.15) is 54.7 Å². The van der Waals surface area contributed by atoms with Crippen molar-refractivity contribution in [1.82, 2.24) is 10.6 Å². The van der Waals surface area contributed by atoms with Gasteiger partial charge < -0.3 is 30.0 Å². The summed E-state index contributed by atoms with van der Waals surface area (Å²) in [6.45, 7) is 0. The molecule has 1 heterocycles. The Bertz CT molecular complexity index is 1430. The number of ether oxygens (including phenoxy) is 3. The third-order valence-corrected chi connectivity index (χ3v) is 8.95. The second-order valence-corrected chi connectivity index (χ2v) is 11.2. The normalized spacial score (nSPS) is 27.0. The van der Waals surface area contributed by atoms with E-state index in [4.69, 9.17) is 25.8 Å². The zero-order valence-corrected chi connectivity index (χ0v) is 23.1. The van der Waals surface area contributed by atoms with Gasteiger partial charge in [0.25, 0.3) is 0 Å². The summed E-state index contributed by atoms with van der Waals surface area (Å²) in [5.41, 5.74) is -1.61. The SMILES string of the molecule is COc1cc(OC)c2c(c1)OC1(c3ccc(Cl)cc3)C(c3cccc(F)c3)CC(NC(=O)NC3CCCC3)C21O. The number of fused-ring (bicyclic) bond motifs is 3. The molecule has 40 heavy (non-hydrogen) atoms. The van der Waals surface area contributed by atoms with Gasteiger partial charge in [-0.2, -0.15) is 0 Å². The smallest absolute Gasteiger partial charge is 0.315 e. The van der Waals surface area contributed by atoms with E-state index in [1.165, 1.54) is 26.4 Å². The number of carbonyl (C=O) groups excluding carboxylic acids is 1. The highest BCUT2D eigenvalue weighted by Gasteiger charge is 2.74. The van der Waals surface area contributed by atoms with Crippen LogP contribution < -0.4 is 24.8 Å². The minimum absolute atomic E-state index is 0.0852. The highest BCUT2D eigenvalue weighted by atomic mass is 35.5. The lowest BCUT2D eigenvalue weighted by molar-refractivity contribution is -0.116. The van der Waals surface area contributed by atoms with Gasteiger partial charge in [0, 0.05) is 29.1 Å². The van der Waals surface area contributed by atoms with Crippen molar-refractivity contribution in [3.8, 4) is 17.2 Å². The van der Waals surface area contributed by atoms with E-state index >= 15 is 0 Å². The molecule has 0 saturated heterocycles. The van der Waals surface area contributed by atoms with E-state index in [9.17, 15) is 14.3 Å². The molecule has 7 nitrogen and oxygen atoms in total. The molecule has 4 atom stereocenters. The Hall–Kier alpha value is -3.49. The summed E-state index contributed by atoms with van der Waals surface area (Å²) in [5.74, 6) is 0.233. The Morgan fingerprint density at radius 1 is 1.05 bits per heavy atom. The van der Waals surface area contributed by atoms with Gasteiger partial charge in [0.05, 0.1) is 25.8 Å². The summed E-state index contributed by atoms with van der Waals surface area (Å²) >= 11 is 6.27. The van der Waals surface area contributed by atoms with Crippen LogP contribution in [0, 0.1) is 5.82 Å². The van der Waals surface area contributed by atoms with Gasteiger partial charge >= 0.3 is 6.03 Å². The Balaban J connectivity index is 1.56. The molecule has 0 bridgehead atoms. The monoisotopic (exact) mass is 566 g/mol. The van der Waals surface area contributed by atoms with Crippen LogP contribution in [-0.4, -0.2) is 37.4 Å². The molecule has 0 spiro atoms. The Kier molecular flexibility index (Phi) is 6.79. The van der Waals surface area contributed by atoms with E-state index in [-0.39, 0.29) is 18.5 Å². The molecule has 0 radical (unpaired) electrons. The van der Waals surface area contributed by atoms with E-state index in [1.54, 1.807) is 42.5 Å². The molecule has 9 heteroatoms. The van der Waals surface area contributed by atoms with Crippen molar-refractivity contribution < 1.29 is 28.5 Å². The molecule has 2 saturated carbocycles. The van der Waals surface area contributed by atoms with Crippen LogP contribution in [0.15, 0.2) is 60.7 Å². The third-order valence-electron chi connectivity index (χ3n) is 8.70. The van der Waals surface area contributed by atoms with E-state index in [0.717, 1.165) is 25.7 Å². The minimum Gasteiger partial charge on any atom is -0.496 e. The molecule has 3 N–H and O–H groups in total. The number of rotatable bonds is 6. The zero-order chi connectivity index (χ0) is 28.1. The minimum atomic E-state index is -1.81. The number of hydrogen-bond acceptors (Lipinski definition) is 5. The molecular formula is C31H32ClFN2O5. The highest BCUT2D eigenvalue weighted by molar-refractivity contribution is 6.30. The third kappa shape index (κ3) is 4.08. The molecule has 2 amide bonds. The first-order chi connectivity index (χ1) is 19.3. The molecular weight excluding hydrogens is 535 g/mol. The first kappa shape index (κ1) is 26.7. The molecule has 4 unspecified atom stereocenters. The molecule has 2 aliphatic carbocycles. The van der Waals surface area contributed by atoms with E-state index in [0.29, 0.717) is 39.0 Å². The van der Waals surface area contributed by atoms with Crippen LogP contribution in [0.3, 0.4) is 0 Å². The van der Waals surface area contributed by atoms with Crippen molar-refractivity contribution in [2.45, 2.75) is 61.3 Å². The summed E-state index contributed by atoms with van der Waals surface area (Å²) in [6, 6.07) is 15.6. The number of urea groups is 1. The fourth-order valence-electron chi connectivity index (χ4n) is 6.97. The first-order valence-electron chi connectivity index (χ1n) is 13.6.